The second-order valence-electron chi connectivity index (χ2n) is 8.26. The summed E-state index contributed by atoms with van der Waals surface area (Å²) in [7, 11) is 0. The summed E-state index contributed by atoms with van der Waals surface area (Å²) in [6.07, 6.45) is -1.03. The van der Waals surface area contributed by atoms with Gasteiger partial charge in [0, 0.05) is 31.3 Å². The molecular weight excluding hydrogens is 435 g/mol. The van der Waals surface area contributed by atoms with E-state index in [0.29, 0.717) is 24.3 Å². The molecule has 1 fully saturated rings. The molecule has 1 aliphatic rings. The Kier molecular flexibility index (Phi) is 7.08. The predicted octanol–water partition coefficient (Wildman–Crippen LogP) is 3.83. The molecule has 1 atom stereocenters. The van der Waals surface area contributed by atoms with E-state index in [2.05, 4.69) is 10.6 Å². The fourth-order valence-corrected chi connectivity index (χ4v) is 3.86. The summed E-state index contributed by atoms with van der Waals surface area (Å²) in [5.74, 6) is -0.628. The SMILES string of the molecule is CC(=O)NC[C@H]1CN(c2ccc(-c3ccc(CNCc4cccc(N)c4)cc3)c(F)c2)C(=O)O1. The van der Waals surface area contributed by atoms with Gasteiger partial charge in [0.2, 0.25) is 5.91 Å². The Labute approximate surface area is 197 Å². The van der Waals surface area contributed by atoms with Gasteiger partial charge in [-0.15, -0.1) is 0 Å². The highest BCUT2D eigenvalue weighted by molar-refractivity contribution is 5.90. The Morgan fingerprint density at radius 3 is 2.56 bits per heavy atom. The first kappa shape index (κ1) is 23.3. The molecule has 3 aromatic carbocycles. The molecule has 0 radical (unpaired) electrons. The van der Waals surface area contributed by atoms with Gasteiger partial charge >= 0.3 is 6.09 Å². The van der Waals surface area contributed by atoms with Crippen molar-refractivity contribution in [1.29, 1.82) is 0 Å². The number of nitrogen functional groups attached to an aromatic ring is 1. The first-order valence-electron chi connectivity index (χ1n) is 11.1. The highest BCUT2D eigenvalue weighted by Gasteiger charge is 2.32. The van der Waals surface area contributed by atoms with E-state index >= 15 is 0 Å². The number of nitrogens with two attached hydrogens (primary N) is 1. The maximum Gasteiger partial charge on any atom is 0.414 e. The molecule has 0 bridgehead atoms. The zero-order valence-electron chi connectivity index (χ0n) is 18.9. The Hall–Kier alpha value is -3.91. The van der Waals surface area contributed by atoms with E-state index in [1.807, 2.05) is 48.5 Å². The first-order valence-corrected chi connectivity index (χ1v) is 11.1. The summed E-state index contributed by atoms with van der Waals surface area (Å²) in [4.78, 5) is 24.6. The number of nitrogens with one attached hydrogen (secondary N) is 2. The van der Waals surface area contributed by atoms with Crippen LogP contribution in [0.4, 0.5) is 20.6 Å². The van der Waals surface area contributed by atoms with Crippen molar-refractivity contribution in [3.8, 4) is 11.1 Å². The van der Waals surface area contributed by atoms with Gasteiger partial charge in [-0.1, -0.05) is 36.4 Å². The van der Waals surface area contributed by atoms with E-state index < -0.39 is 18.0 Å². The average molecular weight is 463 g/mol. The van der Waals surface area contributed by atoms with Gasteiger partial charge in [0.05, 0.1) is 18.8 Å². The number of cyclic esters (lactones) is 1. The van der Waals surface area contributed by atoms with Crippen LogP contribution in [0.15, 0.2) is 66.7 Å². The van der Waals surface area contributed by atoms with E-state index in [9.17, 15) is 14.0 Å². The number of amides is 2. The van der Waals surface area contributed by atoms with E-state index in [0.717, 1.165) is 22.4 Å². The lowest BCUT2D eigenvalue weighted by atomic mass is 10.0. The number of rotatable bonds is 8. The number of hydrogen-bond donors (Lipinski definition) is 3. The van der Waals surface area contributed by atoms with Crippen LogP contribution in [0.25, 0.3) is 11.1 Å². The van der Waals surface area contributed by atoms with Gasteiger partial charge in [-0.3, -0.25) is 9.69 Å². The molecule has 7 nitrogen and oxygen atoms in total. The zero-order chi connectivity index (χ0) is 24.1. The quantitative estimate of drug-likeness (QED) is 0.442. The second-order valence-corrected chi connectivity index (χ2v) is 8.26. The molecule has 0 aliphatic carbocycles. The van der Waals surface area contributed by atoms with E-state index in [1.165, 1.54) is 17.9 Å². The standard InChI is InChI=1S/C26H27FN4O3/c1-17(32)30-15-23-16-31(26(33)34-23)22-9-10-24(25(27)12-22)20-7-5-18(6-8-20)13-29-14-19-3-2-4-21(28)11-19/h2-12,23,29H,13-16,28H2,1H3,(H,30,32)/t23-/m0/s1. The van der Waals surface area contributed by atoms with Gasteiger partial charge in [0.15, 0.2) is 0 Å². The summed E-state index contributed by atoms with van der Waals surface area (Å²) < 4.78 is 20.2. The number of nitrogens with zero attached hydrogens (tertiary/aromatic N) is 1. The Morgan fingerprint density at radius 1 is 1.09 bits per heavy atom. The van der Waals surface area contributed by atoms with Crippen molar-refractivity contribution in [1.82, 2.24) is 10.6 Å². The Morgan fingerprint density at radius 2 is 1.85 bits per heavy atom. The highest BCUT2D eigenvalue weighted by atomic mass is 19.1. The van der Waals surface area contributed by atoms with Gasteiger partial charge in [0.25, 0.3) is 0 Å². The minimum absolute atomic E-state index is 0.201. The van der Waals surface area contributed by atoms with Crippen molar-refractivity contribution in [3.05, 3.63) is 83.7 Å². The molecule has 3 aromatic rings. The van der Waals surface area contributed by atoms with E-state index in [-0.39, 0.29) is 19.0 Å². The van der Waals surface area contributed by atoms with Gasteiger partial charge in [-0.2, -0.15) is 0 Å². The van der Waals surface area contributed by atoms with Crippen molar-refractivity contribution in [2.45, 2.75) is 26.1 Å². The van der Waals surface area contributed by atoms with E-state index in [4.69, 9.17) is 10.5 Å². The minimum atomic E-state index is -0.558. The summed E-state index contributed by atoms with van der Waals surface area (Å²) in [5.41, 5.74) is 10.3. The molecule has 34 heavy (non-hydrogen) atoms. The number of ether oxygens (including phenoxy) is 1. The van der Waals surface area contributed by atoms with Crippen LogP contribution in [0.5, 0.6) is 0 Å². The molecule has 1 aliphatic heterocycles. The normalized spacial score (nSPS) is 15.3. The summed E-state index contributed by atoms with van der Waals surface area (Å²) in [6.45, 7) is 3.24. The molecule has 4 rings (SSSR count). The van der Waals surface area contributed by atoms with Gasteiger partial charge in [-0.05, 0) is 47.0 Å². The summed E-state index contributed by atoms with van der Waals surface area (Å²) >= 11 is 0. The zero-order valence-corrected chi connectivity index (χ0v) is 18.9. The summed E-state index contributed by atoms with van der Waals surface area (Å²) in [5, 5.41) is 6.00. The van der Waals surface area contributed by atoms with Crippen molar-refractivity contribution in [2.24, 2.45) is 0 Å². The molecule has 2 amide bonds. The van der Waals surface area contributed by atoms with Crippen molar-refractivity contribution >= 4 is 23.4 Å². The molecular formula is C26H27FN4O3. The van der Waals surface area contributed by atoms with Crippen LogP contribution >= 0.6 is 0 Å². The number of carbonyl (C=O) groups is 2. The van der Waals surface area contributed by atoms with E-state index in [1.54, 1.807) is 12.1 Å². The maximum atomic E-state index is 14.9. The first-order chi connectivity index (χ1) is 16.4. The van der Waals surface area contributed by atoms with Crippen LogP contribution < -0.4 is 21.3 Å². The minimum Gasteiger partial charge on any atom is -0.442 e. The lowest BCUT2D eigenvalue weighted by Crippen LogP contribution is -2.33. The third-order valence-corrected chi connectivity index (χ3v) is 5.59. The second kappa shape index (κ2) is 10.4. The topological polar surface area (TPSA) is 96.7 Å². The number of hydrogen-bond acceptors (Lipinski definition) is 5. The molecule has 0 spiro atoms. The van der Waals surface area contributed by atoms with Crippen molar-refractivity contribution in [3.63, 3.8) is 0 Å². The Balaban J connectivity index is 1.37. The summed E-state index contributed by atoms with van der Waals surface area (Å²) in [6, 6.07) is 20.1. The number of benzene rings is 3. The van der Waals surface area contributed by atoms with Crippen LogP contribution in [-0.2, 0) is 22.6 Å². The molecule has 0 aromatic heterocycles. The van der Waals surface area contributed by atoms with Crippen LogP contribution in [0, 0.1) is 5.82 Å². The van der Waals surface area contributed by atoms with Crippen molar-refractivity contribution < 1.29 is 18.7 Å². The highest BCUT2D eigenvalue weighted by Crippen LogP contribution is 2.29. The number of anilines is 2. The monoisotopic (exact) mass is 462 g/mol. The molecule has 4 N–H and O–H groups in total. The fourth-order valence-electron chi connectivity index (χ4n) is 3.86. The largest absolute Gasteiger partial charge is 0.442 e. The molecule has 0 unspecified atom stereocenters. The van der Waals surface area contributed by atoms with Crippen LogP contribution in [0.3, 0.4) is 0 Å². The van der Waals surface area contributed by atoms with Gasteiger partial charge in [-0.25, -0.2) is 9.18 Å². The average Bonchev–Trinajstić information content (AvgIpc) is 3.19. The fraction of sp³-hybridized carbons (Fsp3) is 0.231. The van der Waals surface area contributed by atoms with Crippen LogP contribution in [0.2, 0.25) is 0 Å². The third kappa shape index (κ3) is 5.71. The number of carbonyl (C=O) groups excluding carboxylic acids is 2. The molecule has 176 valence electrons. The Bertz CT molecular complexity index is 1180. The molecule has 1 heterocycles. The molecule has 1 saturated heterocycles. The lowest BCUT2D eigenvalue weighted by Gasteiger charge is -2.15. The maximum absolute atomic E-state index is 14.9. The smallest absolute Gasteiger partial charge is 0.414 e. The number of halogens is 1. The lowest BCUT2D eigenvalue weighted by molar-refractivity contribution is -0.119. The van der Waals surface area contributed by atoms with Crippen molar-refractivity contribution in [2.75, 3.05) is 23.7 Å². The predicted molar refractivity (Wildman–Crippen MR) is 130 cm³/mol. The molecule has 8 heteroatoms. The van der Waals surface area contributed by atoms with Crippen LogP contribution in [-0.4, -0.2) is 31.2 Å². The third-order valence-electron chi connectivity index (χ3n) is 5.59. The van der Waals surface area contributed by atoms with Gasteiger partial charge < -0.3 is 21.1 Å². The van der Waals surface area contributed by atoms with Gasteiger partial charge in [0.1, 0.15) is 11.9 Å². The molecule has 0 saturated carbocycles. The van der Waals surface area contributed by atoms with Crippen LogP contribution in [0.1, 0.15) is 18.1 Å².